The molecule has 0 radical (unpaired) electrons. The summed E-state index contributed by atoms with van der Waals surface area (Å²) in [6.45, 7) is 2.38. The van der Waals surface area contributed by atoms with Crippen molar-refractivity contribution in [1.29, 1.82) is 0 Å². The van der Waals surface area contributed by atoms with E-state index in [1.807, 2.05) is 0 Å². The Morgan fingerprint density at radius 3 is 1.89 bits per heavy atom. The molecule has 6 nitrogen and oxygen atoms in total. The Kier molecular flexibility index (Phi) is 13.8. The molecule has 0 aliphatic carbocycles. The van der Waals surface area contributed by atoms with Crippen LogP contribution in [0.4, 0.5) is 0 Å². The van der Waals surface area contributed by atoms with Crippen LogP contribution in [-0.4, -0.2) is 47.4 Å². The first kappa shape index (κ1) is 24.3. The van der Waals surface area contributed by atoms with Gasteiger partial charge in [0.2, 0.25) is 0 Å². The summed E-state index contributed by atoms with van der Waals surface area (Å²) in [5.74, 6) is -0.934. The third-order valence-corrected chi connectivity index (χ3v) is 5.25. The molecule has 0 aromatic rings. The predicted octanol–water partition coefficient (Wildman–Crippen LogP) is 2.68. The summed E-state index contributed by atoms with van der Waals surface area (Å²) < 4.78 is 11.1. The molecule has 0 bridgehead atoms. The third-order valence-electron chi connectivity index (χ3n) is 5.25. The molecule has 0 spiro atoms. The predicted molar refractivity (Wildman–Crippen MR) is 102 cm³/mol. The number of aliphatic carboxylic acids is 1. The van der Waals surface area contributed by atoms with Crippen molar-refractivity contribution in [2.24, 2.45) is 0 Å². The van der Waals surface area contributed by atoms with Gasteiger partial charge >= 0.3 is 0 Å². The zero-order valence-electron chi connectivity index (χ0n) is 16.9. The molecule has 0 amide bonds. The molecule has 1 saturated heterocycles. The van der Waals surface area contributed by atoms with E-state index in [0.717, 1.165) is 32.1 Å². The highest BCUT2D eigenvalue weighted by molar-refractivity contribution is 5.63. The number of ether oxygens (including phenoxy) is 2. The molecule has 0 unspecified atom stereocenters. The van der Waals surface area contributed by atoms with Crippen molar-refractivity contribution < 1.29 is 29.6 Å². The molecule has 1 aliphatic rings. The number of hydrogen-bond acceptors (Lipinski definition) is 6. The van der Waals surface area contributed by atoms with Crippen molar-refractivity contribution in [3.63, 3.8) is 0 Å². The van der Waals surface area contributed by atoms with Crippen LogP contribution in [-0.2, 0) is 14.3 Å². The van der Waals surface area contributed by atoms with Gasteiger partial charge in [0.05, 0.1) is 12.2 Å². The fraction of sp³-hybridized carbons (Fsp3) is 0.952. The van der Waals surface area contributed by atoms with Crippen LogP contribution in [0.3, 0.4) is 0 Å². The lowest BCUT2D eigenvalue weighted by Gasteiger charge is -2.35. The van der Waals surface area contributed by atoms with Crippen molar-refractivity contribution >= 4 is 5.97 Å². The first-order valence-corrected chi connectivity index (χ1v) is 10.8. The highest BCUT2D eigenvalue weighted by Gasteiger charge is 2.34. The van der Waals surface area contributed by atoms with Gasteiger partial charge in [-0.3, -0.25) is 0 Å². The summed E-state index contributed by atoms with van der Waals surface area (Å²) in [7, 11) is 0. The summed E-state index contributed by atoms with van der Waals surface area (Å²) in [5.41, 5.74) is 0. The van der Waals surface area contributed by atoms with Crippen LogP contribution in [0.15, 0.2) is 0 Å². The first-order valence-electron chi connectivity index (χ1n) is 10.8. The molecular formula is C21H39O6-. The Morgan fingerprint density at radius 1 is 0.889 bits per heavy atom. The van der Waals surface area contributed by atoms with E-state index < -0.39 is 24.5 Å². The van der Waals surface area contributed by atoms with Gasteiger partial charge in [-0.25, -0.2) is 0 Å². The highest BCUT2D eigenvalue weighted by atomic mass is 16.7. The Morgan fingerprint density at radius 2 is 1.37 bits per heavy atom. The number of carboxylic acids is 1. The number of carboxylic acid groups (broad SMARTS) is 1. The number of rotatable bonds is 16. The minimum absolute atomic E-state index is 0.196. The SMILES string of the molecule is C[C@@H]1O[C@@H](OCCCCCCCCCCCCCCC(=O)[O-])[C@H](O)C[C@H]1O. The molecule has 0 aromatic heterocycles. The number of aliphatic hydroxyl groups is 2. The summed E-state index contributed by atoms with van der Waals surface area (Å²) in [5, 5.41) is 29.7. The van der Waals surface area contributed by atoms with Gasteiger partial charge in [0.15, 0.2) is 6.29 Å². The maximum Gasteiger partial charge on any atom is 0.183 e. The van der Waals surface area contributed by atoms with Crippen LogP contribution >= 0.6 is 0 Å². The van der Waals surface area contributed by atoms with Crippen LogP contribution < -0.4 is 5.11 Å². The second-order valence-electron chi connectivity index (χ2n) is 7.82. The normalized spacial score (nSPS) is 25.6. The number of carbonyl (C=O) groups is 1. The smallest absolute Gasteiger partial charge is 0.183 e. The second kappa shape index (κ2) is 15.3. The van der Waals surface area contributed by atoms with E-state index in [4.69, 9.17) is 9.47 Å². The van der Waals surface area contributed by atoms with Crippen molar-refractivity contribution in [3.8, 4) is 0 Å². The van der Waals surface area contributed by atoms with E-state index in [0.29, 0.717) is 13.0 Å². The zero-order chi connectivity index (χ0) is 19.9. The van der Waals surface area contributed by atoms with Gasteiger partial charge in [0.25, 0.3) is 0 Å². The first-order chi connectivity index (χ1) is 13.0. The Balaban J connectivity index is 1.80. The van der Waals surface area contributed by atoms with Gasteiger partial charge in [0, 0.05) is 19.0 Å². The van der Waals surface area contributed by atoms with Crippen LogP contribution in [0.5, 0.6) is 0 Å². The van der Waals surface area contributed by atoms with Crippen molar-refractivity contribution in [3.05, 3.63) is 0 Å². The highest BCUT2D eigenvalue weighted by Crippen LogP contribution is 2.21. The van der Waals surface area contributed by atoms with Crippen molar-refractivity contribution in [2.75, 3.05) is 6.61 Å². The number of unbranched alkanes of at least 4 members (excludes halogenated alkanes) is 11. The Hall–Kier alpha value is -0.690. The maximum absolute atomic E-state index is 10.3. The van der Waals surface area contributed by atoms with Gasteiger partial charge in [-0.2, -0.15) is 0 Å². The van der Waals surface area contributed by atoms with Gasteiger partial charge in [-0.15, -0.1) is 0 Å². The lowest BCUT2D eigenvalue weighted by Crippen LogP contribution is -2.47. The number of aliphatic hydroxyl groups excluding tert-OH is 2. The fourth-order valence-electron chi connectivity index (χ4n) is 3.43. The minimum atomic E-state index is -0.934. The van der Waals surface area contributed by atoms with Crippen LogP contribution in [0, 0.1) is 0 Å². The molecule has 1 heterocycles. The van der Waals surface area contributed by atoms with E-state index in [9.17, 15) is 20.1 Å². The molecule has 0 saturated carbocycles. The van der Waals surface area contributed by atoms with Gasteiger partial charge < -0.3 is 29.6 Å². The largest absolute Gasteiger partial charge is 0.550 e. The van der Waals surface area contributed by atoms with E-state index >= 15 is 0 Å². The fourth-order valence-corrected chi connectivity index (χ4v) is 3.43. The van der Waals surface area contributed by atoms with E-state index in [1.54, 1.807) is 6.92 Å². The lowest BCUT2D eigenvalue weighted by molar-refractivity contribution is -0.305. The lowest BCUT2D eigenvalue weighted by atomic mass is 10.0. The molecular weight excluding hydrogens is 348 g/mol. The summed E-state index contributed by atoms with van der Waals surface area (Å²) in [4.78, 5) is 10.3. The van der Waals surface area contributed by atoms with Crippen LogP contribution in [0.1, 0.15) is 96.8 Å². The van der Waals surface area contributed by atoms with E-state index in [1.165, 1.54) is 44.9 Å². The molecule has 1 fully saturated rings. The molecule has 2 N–H and O–H groups in total. The summed E-state index contributed by atoms with van der Waals surface area (Å²) in [6, 6.07) is 0. The summed E-state index contributed by atoms with van der Waals surface area (Å²) >= 11 is 0. The quantitative estimate of drug-likeness (QED) is 0.395. The monoisotopic (exact) mass is 387 g/mol. The minimum Gasteiger partial charge on any atom is -0.550 e. The number of carbonyl (C=O) groups excluding carboxylic acids is 1. The Labute approximate surface area is 164 Å². The average Bonchev–Trinajstić information content (AvgIpc) is 2.62. The Bertz CT molecular complexity index is 376. The molecule has 4 atom stereocenters. The third kappa shape index (κ3) is 12.4. The average molecular weight is 388 g/mol. The summed E-state index contributed by atoms with van der Waals surface area (Å²) in [6.07, 6.45) is 11.9. The molecule has 6 heteroatoms. The second-order valence-corrected chi connectivity index (χ2v) is 7.82. The molecule has 27 heavy (non-hydrogen) atoms. The van der Waals surface area contributed by atoms with Gasteiger partial charge in [-0.1, -0.05) is 64.2 Å². The van der Waals surface area contributed by atoms with E-state index in [2.05, 4.69) is 0 Å². The van der Waals surface area contributed by atoms with Crippen molar-refractivity contribution in [1.82, 2.24) is 0 Å². The van der Waals surface area contributed by atoms with Gasteiger partial charge in [0.1, 0.15) is 6.10 Å². The topological polar surface area (TPSA) is 99.1 Å². The molecule has 1 rings (SSSR count). The van der Waals surface area contributed by atoms with Crippen LogP contribution in [0.25, 0.3) is 0 Å². The molecule has 0 aromatic carbocycles. The molecule has 1 aliphatic heterocycles. The van der Waals surface area contributed by atoms with Crippen LogP contribution in [0.2, 0.25) is 0 Å². The standard InChI is InChI=1S/C21H40O6/c1-17-18(22)16-19(23)21(27-17)26-15-13-11-9-7-5-3-2-4-6-8-10-12-14-20(24)25/h17-19,21-23H,2-16H2,1H3,(H,24,25)/p-1/t17-,18+,19+,21+/m0/s1. The van der Waals surface area contributed by atoms with E-state index in [-0.39, 0.29) is 12.5 Å². The zero-order valence-corrected chi connectivity index (χ0v) is 16.9. The maximum atomic E-state index is 10.3. The van der Waals surface area contributed by atoms with Gasteiger partial charge in [-0.05, 0) is 26.2 Å². The van der Waals surface area contributed by atoms with Crippen molar-refractivity contribution in [2.45, 2.75) is 121 Å². The number of hydrogen-bond donors (Lipinski definition) is 2. The molecule has 160 valence electrons.